The van der Waals surface area contributed by atoms with Gasteiger partial charge in [0.25, 0.3) is 0 Å². The average molecular weight is 338 g/mol. The minimum atomic E-state index is -0.561. The van der Waals surface area contributed by atoms with Gasteiger partial charge < -0.3 is 15.8 Å². The van der Waals surface area contributed by atoms with Gasteiger partial charge in [-0.3, -0.25) is 5.32 Å². The third-order valence-electron chi connectivity index (χ3n) is 3.26. The summed E-state index contributed by atoms with van der Waals surface area (Å²) in [5.41, 5.74) is 8.92. The van der Waals surface area contributed by atoms with Crippen molar-refractivity contribution in [1.82, 2.24) is 0 Å². The molecule has 0 spiro atoms. The summed E-state index contributed by atoms with van der Waals surface area (Å²) in [7, 11) is 0. The number of nitrogens with zero attached hydrogens (tertiary/aromatic N) is 1. The summed E-state index contributed by atoms with van der Waals surface area (Å²) in [6.45, 7) is 5.96. The lowest BCUT2D eigenvalue weighted by Crippen LogP contribution is -2.27. The monoisotopic (exact) mass is 338 g/mol. The number of rotatable bonds is 4. The van der Waals surface area contributed by atoms with Gasteiger partial charge >= 0.3 is 6.09 Å². The summed E-state index contributed by atoms with van der Waals surface area (Å²) in [4.78, 5) is 11.9. The second-order valence-corrected chi connectivity index (χ2v) is 6.59. The number of nitrogens with two attached hydrogens (primary N) is 1. The van der Waals surface area contributed by atoms with Crippen molar-refractivity contribution in [3.63, 3.8) is 0 Å². The molecule has 0 saturated heterocycles. The first-order chi connectivity index (χ1) is 11.8. The molecule has 0 radical (unpaired) electrons. The highest BCUT2D eigenvalue weighted by atomic mass is 16.6. The number of hydrogen-bond donors (Lipinski definition) is 3. The zero-order valence-electron chi connectivity index (χ0n) is 14.6. The molecule has 0 bridgehead atoms. The van der Waals surface area contributed by atoms with Crippen LogP contribution in [0.5, 0.6) is 0 Å². The molecule has 0 atom stereocenters. The van der Waals surface area contributed by atoms with Gasteiger partial charge in [0.2, 0.25) is 0 Å². The molecule has 25 heavy (non-hydrogen) atoms. The summed E-state index contributed by atoms with van der Waals surface area (Å²) in [5.74, 6) is 0. The molecule has 0 heterocycles. The highest BCUT2D eigenvalue weighted by molar-refractivity contribution is 5.87. The first kappa shape index (κ1) is 18.1. The number of nitrogens with one attached hydrogen (secondary N) is 2. The SMILES string of the molecule is CC(C)(C)OC(=O)Nc1ccc(N)c(NCc2ccc(C#N)cc2)c1. The first-order valence-corrected chi connectivity index (χ1v) is 7.89. The van der Waals surface area contributed by atoms with E-state index in [1.165, 1.54) is 0 Å². The summed E-state index contributed by atoms with van der Waals surface area (Å²) in [6.07, 6.45) is -0.518. The molecule has 0 aromatic heterocycles. The van der Waals surface area contributed by atoms with Gasteiger partial charge in [-0.05, 0) is 56.7 Å². The van der Waals surface area contributed by atoms with Crippen molar-refractivity contribution in [2.45, 2.75) is 32.9 Å². The maximum Gasteiger partial charge on any atom is 0.412 e. The molecule has 1 amide bonds. The third-order valence-corrected chi connectivity index (χ3v) is 3.26. The van der Waals surface area contributed by atoms with E-state index in [2.05, 4.69) is 16.7 Å². The van der Waals surface area contributed by atoms with Gasteiger partial charge in [-0.2, -0.15) is 5.26 Å². The number of carbonyl (C=O) groups is 1. The zero-order chi connectivity index (χ0) is 18.4. The number of anilines is 3. The summed E-state index contributed by atoms with van der Waals surface area (Å²) in [6, 6.07) is 14.6. The Bertz CT molecular complexity index is 787. The largest absolute Gasteiger partial charge is 0.444 e. The molecule has 130 valence electrons. The number of ether oxygens (including phenoxy) is 1. The Morgan fingerprint density at radius 1 is 1.20 bits per heavy atom. The molecule has 4 N–H and O–H groups in total. The van der Waals surface area contributed by atoms with E-state index in [9.17, 15) is 4.79 Å². The third kappa shape index (κ3) is 5.74. The molecule has 0 aliphatic rings. The maximum atomic E-state index is 11.9. The Hall–Kier alpha value is -3.20. The Labute approximate surface area is 147 Å². The van der Waals surface area contributed by atoms with E-state index < -0.39 is 11.7 Å². The van der Waals surface area contributed by atoms with E-state index in [1.54, 1.807) is 51.1 Å². The highest BCUT2D eigenvalue weighted by Gasteiger charge is 2.16. The van der Waals surface area contributed by atoms with Crippen molar-refractivity contribution < 1.29 is 9.53 Å². The molecule has 6 nitrogen and oxygen atoms in total. The molecule has 2 rings (SSSR count). The van der Waals surface area contributed by atoms with Crippen LogP contribution in [0.1, 0.15) is 31.9 Å². The van der Waals surface area contributed by atoms with Crippen molar-refractivity contribution in [2.75, 3.05) is 16.4 Å². The van der Waals surface area contributed by atoms with Crippen LogP contribution in [0, 0.1) is 11.3 Å². The average Bonchev–Trinajstić information content (AvgIpc) is 2.54. The van der Waals surface area contributed by atoms with Crippen LogP contribution in [0.4, 0.5) is 21.9 Å². The highest BCUT2D eigenvalue weighted by Crippen LogP contribution is 2.24. The van der Waals surface area contributed by atoms with E-state index in [1.807, 2.05) is 12.1 Å². The van der Waals surface area contributed by atoms with Crippen LogP contribution >= 0.6 is 0 Å². The summed E-state index contributed by atoms with van der Waals surface area (Å²) in [5, 5.41) is 14.7. The topological polar surface area (TPSA) is 100 Å². The molecular weight excluding hydrogens is 316 g/mol. The lowest BCUT2D eigenvalue weighted by Gasteiger charge is -2.20. The predicted octanol–water partition coefficient (Wildman–Crippen LogP) is 4.10. The van der Waals surface area contributed by atoms with E-state index in [4.69, 9.17) is 15.7 Å². The van der Waals surface area contributed by atoms with Gasteiger partial charge in [0.1, 0.15) is 5.60 Å². The van der Waals surface area contributed by atoms with Crippen molar-refractivity contribution in [2.24, 2.45) is 0 Å². The van der Waals surface area contributed by atoms with E-state index >= 15 is 0 Å². The van der Waals surface area contributed by atoms with Crippen LogP contribution in [0.25, 0.3) is 0 Å². The molecule has 0 saturated carbocycles. The number of carbonyl (C=O) groups excluding carboxylic acids is 1. The van der Waals surface area contributed by atoms with Gasteiger partial charge in [-0.15, -0.1) is 0 Å². The Morgan fingerprint density at radius 2 is 1.88 bits per heavy atom. The fourth-order valence-corrected chi connectivity index (χ4v) is 2.10. The Balaban J connectivity index is 2.03. The quantitative estimate of drug-likeness (QED) is 0.729. The van der Waals surface area contributed by atoms with Crippen molar-refractivity contribution in [1.29, 1.82) is 5.26 Å². The molecule has 2 aromatic carbocycles. The van der Waals surface area contributed by atoms with Gasteiger partial charge in [-0.25, -0.2) is 4.79 Å². The fraction of sp³-hybridized carbons (Fsp3) is 0.263. The second-order valence-electron chi connectivity index (χ2n) is 6.59. The Kier molecular flexibility index (Phi) is 5.50. The van der Waals surface area contributed by atoms with Gasteiger partial charge in [0.15, 0.2) is 0 Å². The maximum absolute atomic E-state index is 11.9. The van der Waals surface area contributed by atoms with Gasteiger partial charge in [0.05, 0.1) is 23.0 Å². The number of nitriles is 1. The second kappa shape index (κ2) is 7.58. The number of nitrogen functional groups attached to an aromatic ring is 1. The van der Waals surface area contributed by atoms with Crippen LogP contribution in [-0.4, -0.2) is 11.7 Å². The normalized spacial score (nSPS) is 10.6. The Morgan fingerprint density at radius 3 is 2.48 bits per heavy atom. The molecule has 0 aliphatic carbocycles. The minimum absolute atomic E-state index is 0.518. The minimum Gasteiger partial charge on any atom is -0.444 e. The summed E-state index contributed by atoms with van der Waals surface area (Å²) >= 11 is 0. The van der Waals surface area contributed by atoms with Crippen LogP contribution in [-0.2, 0) is 11.3 Å². The van der Waals surface area contributed by atoms with Crippen LogP contribution < -0.4 is 16.4 Å². The molecule has 6 heteroatoms. The van der Waals surface area contributed by atoms with E-state index in [0.29, 0.717) is 29.2 Å². The first-order valence-electron chi connectivity index (χ1n) is 7.89. The van der Waals surface area contributed by atoms with Crippen LogP contribution in [0.15, 0.2) is 42.5 Å². The van der Waals surface area contributed by atoms with Crippen molar-refractivity contribution in [3.8, 4) is 6.07 Å². The van der Waals surface area contributed by atoms with Crippen molar-refractivity contribution in [3.05, 3.63) is 53.6 Å². The molecule has 2 aromatic rings. The lowest BCUT2D eigenvalue weighted by atomic mass is 10.1. The standard InChI is InChI=1S/C19H22N4O2/c1-19(2,3)25-18(24)23-15-8-9-16(21)17(10-15)22-12-14-6-4-13(11-20)5-7-14/h4-10,22H,12,21H2,1-3H3,(H,23,24). The zero-order valence-corrected chi connectivity index (χ0v) is 14.6. The fourth-order valence-electron chi connectivity index (χ4n) is 2.10. The smallest absolute Gasteiger partial charge is 0.412 e. The van der Waals surface area contributed by atoms with Gasteiger partial charge in [-0.1, -0.05) is 12.1 Å². The summed E-state index contributed by atoms with van der Waals surface area (Å²) < 4.78 is 5.23. The van der Waals surface area contributed by atoms with Crippen LogP contribution in [0.3, 0.4) is 0 Å². The van der Waals surface area contributed by atoms with Crippen molar-refractivity contribution >= 4 is 23.2 Å². The molecule has 0 aliphatic heterocycles. The molecule has 0 fully saturated rings. The molecule has 0 unspecified atom stereocenters. The van der Waals surface area contributed by atoms with Crippen LogP contribution in [0.2, 0.25) is 0 Å². The van der Waals surface area contributed by atoms with E-state index in [0.717, 1.165) is 5.56 Å². The number of benzene rings is 2. The number of amides is 1. The van der Waals surface area contributed by atoms with E-state index in [-0.39, 0.29) is 0 Å². The van der Waals surface area contributed by atoms with Gasteiger partial charge in [0, 0.05) is 12.2 Å². The number of hydrogen-bond acceptors (Lipinski definition) is 5. The molecular formula is C19H22N4O2. The predicted molar refractivity (Wildman–Crippen MR) is 99.2 cm³/mol. The lowest BCUT2D eigenvalue weighted by molar-refractivity contribution is 0.0636.